The molecule has 1 N–H and O–H groups in total. The number of piperidine rings is 1. The molecule has 1 atom stereocenters. The van der Waals surface area contributed by atoms with Gasteiger partial charge in [0, 0.05) is 24.8 Å². The van der Waals surface area contributed by atoms with Crippen LogP contribution >= 0.6 is 0 Å². The Kier molecular flexibility index (Phi) is 5.51. The molecule has 0 spiro atoms. The Morgan fingerprint density at radius 1 is 1.27 bits per heavy atom. The fourth-order valence-electron chi connectivity index (χ4n) is 3.21. The van der Waals surface area contributed by atoms with E-state index in [1.54, 1.807) is 36.5 Å². The Morgan fingerprint density at radius 3 is 2.85 bits per heavy atom. The number of carbonyl (C=O) groups is 2. The number of pyridine rings is 1. The number of nitrogens with zero attached hydrogens (tertiary/aromatic N) is 2. The first-order chi connectivity index (χ1) is 12.6. The third-order valence-corrected chi connectivity index (χ3v) is 4.55. The first-order valence-corrected chi connectivity index (χ1v) is 8.78. The van der Waals surface area contributed by atoms with Crippen molar-refractivity contribution in [3.05, 3.63) is 53.7 Å². The van der Waals surface area contributed by atoms with Gasteiger partial charge in [-0.2, -0.15) is 0 Å². The second kappa shape index (κ2) is 7.99. The summed E-state index contributed by atoms with van der Waals surface area (Å²) in [6.07, 6.45) is 3.80. The zero-order valence-electron chi connectivity index (χ0n) is 15.1. The quantitative estimate of drug-likeness (QED) is 0.852. The van der Waals surface area contributed by atoms with E-state index in [1.807, 2.05) is 11.0 Å². The maximum atomic E-state index is 12.8. The second-order valence-electron chi connectivity index (χ2n) is 6.59. The van der Waals surface area contributed by atoms with E-state index in [0.29, 0.717) is 28.6 Å². The molecule has 0 radical (unpaired) electrons. The molecule has 1 aliphatic heterocycles. The topological polar surface area (TPSA) is 71.5 Å². The fourth-order valence-corrected chi connectivity index (χ4v) is 3.21. The summed E-state index contributed by atoms with van der Waals surface area (Å²) in [4.78, 5) is 30.8. The third-order valence-electron chi connectivity index (χ3n) is 4.55. The van der Waals surface area contributed by atoms with Crippen molar-refractivity contribution in [3.63, 3.8) is 0 Å². The molecule has 6 nitrogen and oxygen atoms in total. The Hall–Kier alpha value is -2.89. The van der Waals surface area contributed by atoms with Gasteiger partial charge in [-0.05, 0) is 43.0 Å². The maximum Gasteiger partial charge on any atom is 0.339 e. The van der Waals surface area contributed by atoms with Gasteiger partial charge in [0.25, 0.3) is 5.91 Å². The van der Waals surface area contributed by atoms with E-state index in [9.17, 15) is 9.59 Å². The van der Waals surface area contributed by atoms with E-state index in [1.165, 1.54) is 7.11 Å². The van der Waals surface area contributed by atoms with Crippen LogP contribution < -0.4 is 5.32 Å². The first-order valence-electron chi connectivity index (χ1n) is 8.78. The minimum absolute atomic E-state index is 0.0169. The van der Waals surface area contributed by atoms with Gasteiger partial charge < -0.3 is 15.0 Å². The van der Waals surface area contributed by atoms with Crippen LogP contribution in [0.1, 0.15) is 40.5 Å². The third kappa shape index (κ3) is 4.02. The highest BCUT2D eigenvalue weighted by Crippen LogP contribution is 2.22. The number of likely N-dealkylation sites (tertiary alicyclic amines) is 1. The predicted molar refractivity (Wildman–Crippen MR) is 99.6 cm³/mol. The van der Waals surface area contributed by atoms with Crippen LogP contribution in [0.25, 0.3) is 0 Å². The Bertz CT molecular complexity index is 806. The molecule has 1 aromatic carbocycles. The van der Waals surface area contributed by atoms with Crippen LogP contribution in [0.2, 0.25) is 0 Å². The molecule has 2 heterocycles. The lowest BCUT2D eigenvalue weighted by Gasteiger charge is -2.31. The molecule has 1 unspecified atom stereocenters. The molecular formula is C20H23N3O3. The number of ether oxygens (including phenoxy) is 1. The van der Waals surface area contributed by atoms with Crippen molar-refractivity contribution in [2.75, 3.05) is 25.5 Å². The fraction of sp³-hybridized carbons (Fsp3) is 0.350. The number of anilines is 2. The standard InChI is InChI=1S/C20H23N3O3/c1-14-6-5-11-23(13-14)19(24)15-9-10-21-18(12-15)22-17-8-4-3-7-16(17)20(25)26-2/h3-4,7-10,12,14H,5-6,11,13H2,1-2H3,(H,21,22). The number of benzene rings is 1. The minimum atomic E-state index is -0.428. The molecule has 0 aliphatic carbocycles. The number of methoxy groups -OCH3 is 1. The van der Waals surface area contributed by atoms with Gasteiger partial charge in [0.2, 0.25) is 0 Å². The van der Waals surface area contributed by atoms with Gasteiger partial charge in [-0.1, -0.05) is 19.1 Å². The number of aromatic nitrogens is 1. The summed E-state index contributed by atoms with van der Waals surface area (Å²) in [5.74, 6) is 0.627. The summed E-state index contributed by atoms with van der Waals surface area (Å²) in [6.45, 7) is 3.75. The highest BCUT2D eigenvalue weighted by atomic mass is 16.5. The van der Waals surface area contributed by atoms with Crippen LogP contribution in [0.4, 0.5) is 11.5 Å². The van der Waals surface area contributed by atoms with E-state index >= 15 is 0 Å². The van der Waals surface area contributed by atoms with Gasteiger partial charge >= 0.3 is 5.97 Å². The summed E-state index contributed by atoms with van der Waals surface area (Å²) in [7, 11) is 1.34. The monoisotopic (exact) mass is 353 g/mol. The molecule has 1 aliphatic rings. The average molecular weight is 353 g/mol. The average Bonchev–Trinajstić information content (AvgIpc) is 2.67. The molecule has 26 heavy (non-hydrogen) atoms. The van der Waals surface area contributed by atoms with Crippen molar-refractivity contribution in [1.29, 1.82) is 0 Å². The highest BCUT2D eigenvalue weighted by molar-refractivity contribution is 5.97. The van der Waals surface area contributed by atoms with E-state index < -0.39 is 5.97 Å². The zero-order valence-corrected chi connectivity index (χ0v) is 15.1. The van der Waals surface area contributed by atoms with Crippen molar-refractivity contribution >= 4 is 23.4 Å². The molecule has 0 bridgehead atoms. The van der Waals surface area contributed by atoms with Gasteiger partial charge in [-0.15, -0.1) is 0 Å². The minimum Gasteiger partial charge on any atom is -0.465 e. The highest BCUT2D eigenvalue weighted by Gasteiger charge is 2.22. The van der Waals surface area contributed by atoms with E-state index in [-0.39, 0.29) is 5.91 Å². The lowest BCUT2D eigenvalue weighted by atomic mass is 9.99. The van der Waals surface area contributed by atoms with Crippen molar-refractivity contribution < 1.29 is 14.3 Å². The number of nitrogens with one attached hydrogen (secondary N) is 1. The van der Waals surface area contributed by atoms with Crippen molar-refractivity contribution in [1.82, 2.24) is 9.88 Å². The molecule has 2 aromatic rings. The summed E-state index contributed by atoms with van der Waals surface area (Å²) >= 11 is 0. The molecule has 6 heteroatoms. The van der Waals surface area contributed by atoms with Crippen LogP contribution in [-0.4, -0.2) is 42.0 Å². The summed E-state index contributed by atoms with van der Waals surface area (Å²) in [5, 5.41) is 3.11. The molecule has 0 saturated carbocycles. The van der Waals surface area contributed by atoms with Gasteiger partial charge in [-0.3, -0.25) is 4.79 Å². The van der Waals surface area contributed by atoms with Crippen LogP contribution in [0.15, 0.2) is 42.6 Å². The number of para-hydroxylation sites is 1. The summed E-state index contributed by atoms with van der Waals surface area (Å²) in [5.41, 5.74) is 1.59. The Morgan fingerprint density at radius 2 is 2.08 bits per heavy atom. The molecule has 3 rings (SSSR count). The van der Waals surface area contributed by atoms with Gasteiger partial charge in [0.15, 0.2) is 0 Å². The largest absolute Gasteiger partial charge is 0.465 e. The molecule has 1 amide bonds. The van der Waals surface area contributed by atoms with Crippen LogP contribution in [0.5, 0.6) is 0 Å². The predicted octanol–water partition coefficient (Wildman–Crippen LogP) is 3.48. The first kappa shape index (κ1) is 17.9. The lowest BCUT2D eigenvalue weighted by molar-refractivity contribution is 0.0601. The van der Waals surface area contributed by atoms with Gasteiger partial charge in [0.1, 0.15) is 5.82 Å². The Balaban J connectivity index is 1.80. The van der Waals surface area contributed by atoms with Crippen LogP contribution in [-0.2, 0) is 4.74 Å². The SMILES string of the molecule is COC(=O)c1ccccc1Nc1cc(C(=O)N2CCCC(C)C2)ccn1. The second-order valence-corrected chi connectivity index (χ2v) is 6.59. The molecule has 1 saturated heterocycles. The Labute approximate surface area is 153 Å². The number of rotatable bonds is 4. The lowest BCUT2D eigenvalue weighted by Crippen LogP contribution is -2.39. The number of carbonyl (C=O) groups excluding carboxylic acids is 2. The van der Waals surface area contributed by atoms with Crippen molar-refractivity contribution in [2.24, 2.45) is 5.92 Å². The molecule has 136 valence electrons. The van der Waals surface area contributed by atoms with Crippen molar-refractivity contribution in [2.45, 2.75) is 19.8 Å². The molecule has 1 fully saturated rings. The molecular weight excluding hydrogens is 330 g/mol. The normalized spacial score (nSPS) is 16.8. The van der Waals surface area contributed by atoms with Crippen molar-refractivity contribution in [3.8, 4) is 0 Å². The molecule has 1 aromatic heterocycles. The summed E-state index contributed by atoms with van der Waals surface area (Å²) < 4.78 is 4.81. The maximum absolute atomic E-state index is 12.8. The van der Waals surface area contributed by atoms with E-state index in [4.69, 9.17) is 4.74 Å². The number of hydrogen-bond donors (Lipinski definition) is 1. The zero-order chi connectivity index (χ0) is 18.5. The van der Waals surface area contributed by atoms with Crippen LogP contribution in [0.3, 0.4) is 0 Å². The smallest absolute Gasteiger partial charge is 0.339 e. The van der Waals surface area contributed by atoms with Gasteiger partial charge in [0.05, 0.1) is 18.4 Å². The number of esters is 1. The summed E-state index contributed by atoms with van der Waals surface area (Å²) in [6, 6.07) is 10.5. The van der Waals surface area contributed by atoms with E-state index in [2.05, 4.69) is 17.2 Å². The van der Waals surface area contributed by atoms with Gasteiger partial charge in [-0.25, -0.2) is 9.78 Å². The van der Waals surface area contributed by atoms with Crippen LogP contribution in [0, 0.1) is 5.92 Å². The number of hydrogen-bond acceptors (Lipinski definition) is 5. The number of amides is 1. The van der Waals surface area contributed by atoms with E-state index in [0.717, 1.165) is 25.9 Å².